The summed E-state index contributed by atoms with van der Waals surface area (Å²) >= 11 is 0. The number of pyridine rings is 1. The smallest absolute Gasteiger partial charge is 0.243 e. The summed E-state index contributed by atoms with van der Waals surface area (Å²) in [5, 5.41) is 8.86. The molecule has 0 spiro atoms. The van der Waals surface area contributed by atoms with Crippen molar-refractivity contribution in [3.63, 3.8) is 0 Å². The molecule has 1 fully saturated rings. The SMILES string of the molecule is Cc1cnc(-c2ccncc2)n1CC1CN(S(=O)(=O)c2ccc(C#N)cc2)C1. The molecular formula is C20H19N5O2S. The molecule has 0 radical (unpaired) electrons. The molecule has 3 heterocycles. The van der Waals surface area contributed by atoms with Gasteiger partial charge in [0.2, 0.25) is 10.0 Å². The number of rotatable bonds is 5. The quantitative estimate of drug-likeness (QED) is 0.664. The first-order valence-corrected chi connectivity index (χ1v) is 10.4. The Kier molecular flexibility index (Phi) is 4.71. The van der Waals surface area contributed by atoms with Gasteiger partial charge in [-0.25, -0.2) is 13.4 Å². The van der Waals surface area contributed by atoms with Gasteiger partial charge < -0.3 is 4.57 Å². The number of hydrogen-bond acceptors (Lipinski definition) is 5. The topological polar surface area (TPSA) is 91.9 Å². The molecule has 1 aliphatic rings. The van der Waals surface area contributed by atoms with Crippen LogP contribution in [0.3, 0.4) is 0 Å². The fourth-order valence-corrected chi connectivity index (χ4v) is 4.96. The van der Waals surface area contributed by atoms with Crippen LogP contribution in [0, 0.1) is 24.2 Å². The average Bonchev–Trinajstić information content (AvgIpc) is 3.05. The van der Waals surface area contributed by atoms with Crippen molar-refractivity contribution in [2.24, 2.45) is 5.92 Å². The van der Waals surface area contributed by atoms with Crippen LogP contribution < -0.4 is 0 Å². The molecular weight excluding hydrogens is 374 g/mol. The Labute approximate surface area is 164 Å². The number of nitriles is 1. The van der Waals surface area contributed by atoms with Gasteiger partial charge in [-0.2, -0.15) is 9.57 Å². The molecule has 2 aromatic heterocycles. The minimum atomic E-state index is -3.52. The van der Waals surface area contributed by atoms with E-state index >= 15 is 0 Å². The van der Waals surface area contributed by atoms with E-state index in [9.17, 15) is 8.42 Å². The summed E-state index contributed by atoms with van der Waals surface area (Å²) in [6.07, 6.45) is 5.30. The third-order valence-electron chi connectivity index (χ3n) is 4.98. The number of aromatic nitrogens is 3. The van der Waals surface area contributed by atoms with Crippen molar-refractivity contribution in [3.8, 4) is 17.5 Å². The lowest BCUT2D eigenvalue weighted by Crippen LogP contribution is -2.51. The van der Waals surface area contributed by atoms with Crippen LogP contribution in [0.25, 0.3) is 11.4 Å². The fourth-order valence-electron chi connectivity index (χ4n) is 3.37. The molecule has 7 nitrogen and oxygen atoms in total. The maximum absolute atomic E-state index is 12.7. The van der Waals surface area contributed by atoms with Crippen LogP contribution in [0.15, 0.2) is 59.9 Å². The van der Waals surface area contributed by atoms with Crippen molar-refractivity contribution >= 4 is 10.0 Å². The molecule has 4 rings (SSSR count). The number of aryl methyl sites for hydroxylation is 1. The van der Waals surface area contributed by atoms with Crippen LogP contribution in [0.4, 0.5) is 0 Å². The number of imidazole rings is 1. The Morgan fingerprint density at radius 3 is 2.46 bits per heavy atom. The number of hydrogen-bond donors (Lipinski definition) is 0. The van der Waals surface area contributed by atoms with Crippen LogP contribution >= 0.6 is 0 Å². The lowest BCUT2D eigenvalue weighted by atomic mass is 10.0. The number of nitrogens with zero attached hydrogens (tertiary/aromatic N) is 5. The fraction of sp³-hybridized carbons (Fsp3) is 0.250. The highest BCUT2D eigenvalue weighted by atomic mass is 32.2. The molecule has 1 aromatic carbocycles. The summed E-state index contributed by atoms with van der Waals surface area (Å²) in [5.41, 5.74) is 2.48. The van der Waals surface area contributed by atoms with Crippen molar-refractivity contribution < 1.29 is 8.42 Å². The predicted octanol–water partition coefficient (Wildman–Crippen LogP) is 2.45. The van der Waals surface area contributed by atoms with Gasteiger partial charge >= 0.3 is 0 Å². The highest BCUT2D eigenvalue weighted by molar-refractivity contribution is 7.89. The average molecular weight is 393 g/mol. The Hall–Kier alpha value is -3.02. The van der Waals surface area contributed by atoms with E-state index in [0.29, 0.717) is 25.2 Å². The second-order valence-corrected chi connectivity index (χ2v) is 8.83. The molecule has 0 saturated carbocycles. The van der Waals surface area contributed by atoms with Crippen molar-refractivity contribution in [2.45, 2.75) is 18.4 Å². The second-order valence-electron chi connectivity index (χ2n) is 6.89. The maximum atomic E-state index is 12.7. The van der Waals surface area contributed by atoms with Gasteiger partial charge in [0.1, 0.15) is 5.82 Å². The molecule has 3 aromatic rings. The molecule has 0 N–H and O–H groups in total. The molecule has 0 atom stereocenters. The summed E-state index contributed by atoms with van der Waals surface area (Å²) in [5.74, 6) is 1.09. The molecule has 0 bridgehead atoms. The first kappa shape index (κ1) is 18.3. The predicted molar refractivity (Wildman–Crippen MR) is 104 cm³/mol. The lowest BCUT2D eigenvalue weighted by molar-refractivity contribution is 0.179. The lowest BCUT2D eigenvalue weighted by Gasteiger charge is -2.38. The van der Waals surface area contributed by atoms with E-state index in [1.807, 2.05) is 31.3 Å². The van der Waals surface area contributed by atoms with Gasteiger partial charge in [0.15, 0.2) is 0 Å². The third kappa shape index (κ3) is 3.30. The summed E-state index contributed by atoms with van der Waals surface area (Å²) in [4.78, 5) is 8.77. The zero-order valence-corrected chi connectivity index (χ0v) is 16.2. The van der Waals surface area contributed by atoms with Crippen molar-refractivity contribution in [2.75, 3.05) is 13.1 Å². The van der Waals surface area contributed by atoms with Gasteiger partial charge in [-0.15, -0.1) is 0 Å². The summed E-state index contributed by atoms with van der Waals surface area (Å²) in [6, 6.07) is 11.9. The largest absolute Gasteiger partial charge is 0.328 e. The molecule has 28 heavy (non-hydrogen) atoms. The van der Waals surface area contributed by atoms with E-state index in [0.717, 1.165) is 17.1 Å². The van der Waals surface area contributed by atoms with Crippen LogP contribution in [0.2, 0.25) is 0 Å². The summed E-state index contributed by atoms with van der Waals surface area (Å²) in [6.45, 7) is 3.65. The highest BCUT2D eigenvalue weighted by Gasteiger charge is 2.37. The second kappa shape index (κ2) is 7.19. The van der Waals surface area contributed by atoms with E-state index in [1.165, 1.54) is 28.6 Å². The van der Waals surface area contributed by atoms with Gasteiger partial charge in [0.25, 0.3) is 0 Å². The molecule has 0 unspecified atom stereocenters. The highest BCUT2D eigenvalue weighted by Crippen LogP contribution is 2.28. The van der Waals surface area contributed by atoms with Gasteiger partial charge in [0.05, 0.1) is 16.5 Å². The van der Waals surface area contributed by atoms with Crippen molar-refractivity contribution in [1.82, 2.24) is 18.8 Å². The number of benzene rings is 1. The van der Waals surface area contributed by atoms with Gasteiger partial charge in [0, 0.05) is 55.4 Å². The van der Waals surface area contributed by atoms with Crippen LogP contribution in [-0.2, 0) is 16.6 Å². The molecule has 142 valence electrons. The molecule has 0 aliphatic carbocycles. The van der Waals surface area contributed by atoms with E-state index < -0.39 is 10.0 Å². The summed E-state index contributed by atoms with van der Waals surface area (Å²) < 4.78 is 29.1. The van der Waals surface area contributed by atoms with Crippen molar-refractivity contribution in [1.29, 1.82) is 5.26 Å². The monoisotopic (exact) mass is 393 g/mol. The van der Waals surface area contributed by atoms with Crippen molar-refractivity contribution in [3.05, 3.63) is 66.2 Å². The minimum absolute atomic E-state index is 0.223. The molecule has 0 amide bonds. The van der Waals surface area contributed by atoms with Gasteiger partial charge in [-0.05, 0) is 43.3 Å². The van der Waals surface area contributed by atoms with Gasteiger partial charge in [-0.3, -0.25) is 4.98 Å². The molecule has 1 saturated heterocycles. The minimum Gasteiger partial charge on any atom is -0.328 e. The Bertz CT molecular complexity index is 1130. The Balaban J connectivity index is 1.47. The van der Waals surface area contributed by atoms with E-state index in [4.69, 9.17) is 5.26 Å². The van der Waals surface area contributed by atoms with Crippen LogP contribution in [0.1, 0.15) is 11.3 Å². The van der Waals surface area contributed by atoms with E-state index in [2.05, 4.69) is 14.5 Å². The summed E-state index contributed by atoms with van der Waals surface area (Å²) in [7, 11) is -3.52. The van der Waals surface area contributed by atoms with Crippen LogP contribution in [-0.4, -0.2) is 40.3 Å². The molecule has 1 aliphatic heterocycles. The van der Waals surface area contributed by atoms with E-state index in [-0.39, 0.29) is 10.8 Å². The molecule has 8 heteroatoms. The first-order chi connectivity index (χ1) is 13.5. The standard InChI is InChI=1S/C20H19N5O2S/c1-15-11-23-20(18-6-8-22-9-7-18)25(15)14-17-12-24(13-17)28(26,27)19-4-2-16(10-21)3-5-19/h2-9,11,17H,12-14H2,1H3. The van der Waals surface area contributed by atoms with E-state index in [1.54, 1.807) is 12.4 Å². The Morgan fingerprint density at radius 1 is 1.14 bits per heavy atom. The maximum Gasteiger partial charge on any atom is 0.243 e. The van der Waals surface area contributed by atoms with Gasteiger partial charge in [-0.1, -0.05) is 0 Å². The Morgan fingerprint density at radius 2 is 1.82 bits per heavy atom. The number of sulfonamides is 1. The van der Waals surface area contributed by atoms with Crippen LogP contribution in [0.5, 0.6) is 0 Å². The zero-order valence-electron chi connectivity index (χ0n) is 15.4. The third-order valence-corrected chi connectivity index (χ3v) is 6.83. The first-order valence-electron chi connectivity index (χ1n) is 8.92. The zero-order chi connectivity index (χ0) is 19.7. The normalized spacial score (nSPS) is 15.1.